The average molecular weight is 806 g/mol. The molecular weight excluding hydrogens is 692 g/mol. The molecule has 0 saturated carbocycles. The van der Waals surface area contributed by atoms with Crippen LogP contribution in [0.15, 0.2) is 0 Å². The van der Waals surface area contributed by atoms with E-state index in [1.54, 1.807) is 50.3 Å². The first-order chi connectivity index (χ1) is 27.7. The standard InChI is InChI=1S/C55H114P/c1-5-9-13-17-20-23-26-29-32-35-38-41-45-49-53-56(52-48-44-16-12-8-4,54-50-46-42-39-36-33-30-27-24-21-18-14-10-6-2)55-51-47-43-40-37-34-31-28-25-22-19-15-11-7-3/h5-55H2,1-4H3/q+1. The van der Waals surface area contributed by atoms with Gasteiger partial charge in [0, 0.05) is 7.26 Å². The Kier molecular flexibility index (Phi) is 50.2. The van der Waals surface area contributed by atoms with Crippen LogP contribution >= 0.6 is 7.26 Å². The highest BCUT2D eigenvalue weighted by atomic mass is 31.2. The smallest absolute Gasteiger partial charge is 0.0594 e. The first kappa shape index (κ1) is 56.4. The van der Waals surface area contributed by atoms with Crippen molar-refractivity contribution in [2.24, 2.45) is 0 Å². The van der Waals surface area contributed by atoms with Crippen molar-refractivity contribution < 1.29 is 0 Å². The lowest BCUT2D eigenvalue weighted by Gasteiger charge is -2.28. The fourth-order valence-corrected chi connectivity index (χ4v) is 14.6. The van der Waals surface area contributed by atoms with Gasteiger partial charge in [0.25, 0.3) is 0 Å². The van der Waals surface area contributed by atoms with Crippen LogP contribution in [0.2, 0.25) is 0 Å². The summed E-state index contributed by atoms with van der Waals surface area (Å²) >= 11 is 0. The lowest BCUT2D eigenvalue weighted by Crippen LogP contribution is -2.13. The van der Waals surface area contributed by atoms with Crippen molar-refractivity contribution in [3.05, 3.63) is 0 Å². The van der Waals surface area contributed by atoms with Gasteiger partial charge in [0.2, 0.25) is 0 Å². The van der Waals surface area contributed by atoms with E-state index >= 15 is 0 Å². The van der Waals surface area contributed by atoms with Crippen LogP contribution in [0.1, 0.15) is 329 Å². The Hall–Kier alpha value is 0.430. The van der Waals surface area contributed by atoms with Gasteiger partial charge in [-0.2, -0.15) is 0 Å². The van der Waals surface area contributed by atoms with E-state index in [-0.39, 0.29) is 0 Å². The van der Waals surface area contributed by atoms with Gasteiger partial charge < -0.3 is 0 Å². The highest BCUT2D eigenvalue weighted by Gasteiger charge is 2.35. The molecule has 0 amide bonds. The highest BCUT2D eigenvalue weighted by Crippen LogP contribution is 2.61. The molecule has 0 saturated heterocycles. The maximum absolute atomic E-state index is 2.39. The average Bonchev–Trinajstić information content (AvgIpc) is 3.21. The Morgan fingerprint density at radius 3 is 0.375 bits per heavy atom. The molecule has 0 aliphatic carbocycles. The summed E-state index contributed by atoms with van der Waals surface area (Å²) in [6.45, 7) is 9.38. The van der Waals surface area contributed by atoms with Gasteiger partial charge in [-0.1, -0.05) is 278 Å². The highest BCUT2D eigenvalue weighted by molar-refractivity contribution is 7.75. The fourth-order valence-electron chi connectivity index (χ4n) is 9.65. The molecule has 338 valence electrons. The van der Waals surface area contributed by atoms with Crippen molar-refractivity contribution in [2.75, 3.05) is 24.6 Å². The molecule has 0 atom stereocenters. The van der Waals surface area contributed by atoms with E-state index in [1.165, 1.54) is 276 Å². The van der Waals surface area contributed by atoms with Crippen molar-refractivity contribution in [2.45, 2.75) is 329 Å². The summed E-state index contributed by atoms with van der Waals surface area (Å²) in [5.74, 6) is 0. The lowest BCUT2D eigenvalue weighted by molar-refractivity contribution is 0.537. The van der Waals surface area contributed by atoms with Crippen molar-refractivity contribution in [3.8, 4) is 0 Å². The summed E-state index contributed by atoms with van der Waals surface area (Å²) in [7, 11) is -0.798. The van der Waals surface area contributed by atoms with Crippen molar-refractivity contribution >= 4 is 7.26 Å². The molecule has 0 unspecified atom stereocenters. The summed E-state index contributed by atoms with van der Waals surface area (Å²) in [6, 6.07) is 0. The SMILES string of the molecule is CCCCCCCCCCCCCCCC[P+](CCCCCCC)(CCCCCCCCCCCCCCCC)CCCCCCCCCCCCCCCC. The molecule has 0 nitrogen and oxygen atoms in total. The quantitative estimate of drug-likeness (QED) is 0.0424. The minimum absolute atomic E-state index is 0.798. The lowest BCUT2D eigenvalue weighted by atomic mass is 10.0. The fraction of sp³-hybridized carbons (Fsp3) is 1.00. The van der Waals surface area contributed by atoms with E-state index in [4.69, 9.17) is 0 Å². The van der Waals surface area contributed by atoms with Gasteiger partial charge in [-0.05, 0) is 51.4 Å². The molecule has 0 rings (SSSR count). The van der Waals surface area contributed by atoms with E-state index in [9.17, 15) is 0 Å². The van der Waals surface area contributed by atoms with E-state index in [2.05, 4.69) is 27.7 Å². The molecule has 56 heavy (non-hydrogen) atoms. The molecule has 0 N–H and O–H groups in total. The van der Waals surface area contributed by atoms with Crippen molar-refractivity contribution in [1.82, 2.24) is 0 Å². The van der Waals surface area contributed by atoms with Gasteiger partial charge >= 0.3 is 0 Å². The number of rotatable bonds is 51. The van der Waals surface area contributed by atoms with Crippen LogP contribution in [-0.4, -0.2) is 24.6 Å². The Bertz CT molecular complexity index is 591. The third kappa shape index (κ3) is 44.0. The Morgan fingerprint density at radius 2 is 0.250 bits per heavy atom. The van der Waals surface area contributed by atoms with Crippen molar-refractivity contribution in [3.63, 3.8) is 0 Å². The summed E-state index contributed by atoms with van der Waals surface area (Å²) in [4.78, 5) is 0. The number of unbranched alkanes of at least 4 members (excludes halogenated alkanes) is 43. The monoisotopic (exact) mass is 806 g/mol. The molecular formula is C55H114P+. The predicted molar refractivity (Wildman–Crippen MR) is 266 cm³/mol. The predicted octanol–water partition coefficient (Wildman–Crippen LogP) is 21.4. The molecule has 0 aromatic rings. The van der Waals surface area contributed by atoms with Gasteiger partial charge in [-0.25, -0.2) is 0 Å². The summed E-state index contributed by atoms with van der Waals surface area (Å²) in [5.41, 5.74) is 0. The summed E-state index contributed by atoms with van der Waals surface area (Å²) in [5, 5.41) is 0. The molecule has 0 aliphatic rings. The van der Waals surface area contributed by atoms with Crippen LogP contribution in [0.4, 0.5) is 0 Å². The van der Waals surface area contributed by atoms with Gasteiger partial charge in [0.05, 0.1) is 24.6 Å². The molecule has 0 aliphatic heterocycles. The van der Waals surface area contributed by atoms with Gasteiger partial charge in [-0.15, -0.1) is 0 Å². The molecule has 1 heteroatoms. The molecule has 0 fully saturated rings. The Morgan fingerprint density at radius 1 is 0.143 bits per heavy atom. The van der Waals surface area contributed by atoms with Crippen LogP contribution in [0.3, 0.4) is 0 Å². The Labute approximate surface area is 360 Å². The largest absolute Gasteiger partial charge is 0.0654 e. The molecule has 0 aromatic heterocycles. The van der Waals surface area contributed by atoms with Crippen LogP contribution in [0.5, 0.6) is 0 Å². The zero-order chi connectivity index (χ0) is 40.6. The van der Waals surface area contributed by atoms with Gasteiger partial charge in [-0.3, -0.25) is 0 Å². The summed E-state index contributed by atoms with van der Waals surface area (Å²) < 4.78 is 0. The topological polar surface area (TPSA) is 0 Å². The van der Waals surface area contributed by atoms with E-state index in [0.29, 0.717) is 0 Å². The van der Waals surface area contributed by atoms with Gasteiger partial charge in [0.15, 0.2) is 0 Å². The minimum Gasteiger partial charge on any atom is -0.0654 e. The van der Waals surface area contributed by atoms with Crippen LogP contribution < -0.4 is 0 Å². The maximum Gasteiger partial charge on any atom is 0.0594 e. The maximum atomic E-state index is 2.39. The molecule has 0 radical (unpaired) electrons. The third-order valence-corrected chi connectivity index (χ3v) is 18.8. The molecule has 0 heterocycles. The second-order valence-corrected chi connectivity index (χ2v) is 23.9. The van der Waals surface area contributed by atoms with Crippen molar-refractivity contribution in [1.29, 1.82) is 0 Å². The first-order valence-corrected chi connectivity index (χ1v) is 30.1. The molecule has 0 spiro atoms. The van der Waals surface area contributed by atoms with Crippen LogP contribution in [0, 0.1) is 0 Å². The third-order valence-electron chi connectivity index (χ3n) is 13.7. The zero-order valence-electron chi connectivity index (χ0n) is 40.5. The minimum atomic E-state index is -0.798. The zero-order valence-corrected chi connectivity index (χ0v) is 41.4. The molecule has 0 aromatic carbocycles. The normalized spacial score (nSPS) is 12.0. The number of hydrogen-bond acceptors (Lipinski definition) is 0. The van der Waals surface area contributed by atoms with E-state index in [1.807, 2.05) is 0 Å². The first-order valence-electron chi connectivity index (χ1n) is 27.6. The van der Waals surface area contributed by atoms with Crippen LogP contribution in [-0.2, 0) is 0 Å². The second kappa shape index (κ2) is 49.8. The van der Waals surface area contributed by atoms with Crippen LogP contribution in [0.25, 0.3) is 0 Å². The molecule has 0 bridgehead atoms. The van der Waals surface area contributed by atoms with E-state index in [0.717, 1.165) is 0 Å². The second-order valence-electron chi connectivity index (χ2n) is 19.4. The Balaban J connectivity index is 4.66. The summed E-state index contributed by atoms with van der Waals surface area (Å²) in [6.07, 6.45) is 76.7. The van der Waals surface area contributed by atoms with Gasteiger partial charge in [0.1, 0.15) is 0 Å². The number of hydrogen-bond donors (Lipinski definition) is 0. The van der Waals surface area contributed by atoms with E-state index < -0.39 is 7.26 Å².